The van der Waals surface area contributed by atoms with Gasteiger partial charge in [-0.1, -0.05) is 76.1 Å². The van der Waals surface area contributed by atoms with E-state index in [1.165, 1.54) is 17.0 Å². The summed E-state index contributed by atoms with van der Waals surface area (Å²) in [5.41, 5.74) is 5.10. The molecule has 0 saturated carbocycles. The number of esters is 1. The van der Waals surface area contributed by atoms with Crippen LogP contribution in [0.25, 0.3) is 0 Å². The van der Waals surface area contributed by atoms with Gasteiger partial charge in [0.25, 0.3) is 0 Å². The van der Waals surface area contributed by atoms with Gasteiger partial charge < -0.3 is 4.74 Å². The molecule has 2 amide bonds. The van der Waals surface area contributed by atoms with Crippen molar-refractivity contribution in [1.29, 1.82) is 0 Å². The fourth-order valence-electron chi connectivity index (χ4n) is 6.61. The summed E-state index contributed by atoms with van der Waals surface area (Å²) >= 11 is 9.85. The molecule has 2 bridgehead atoms. The second-order valence-corrected chi connectivity index (χ2v) is 12.1. The summed E-state index contributed by atoms with van der Waals surface area (Å²) in [6, 6.07) is 28.4. The number of imide groups is 1. The number of alkyl halides is 1. The topological polar surface area (TPSA) is 80.8 Å². The maximum Gasteiger partial charge on any atom is 0.338 e. The van der Waals surface area contributed by atoms with Crippen LogP contribution in [0.3, 0.4) is 0 Å². The van der Waals surface area contributed by atoms with Crippen LogP contribution in [-0.4, -0.2) is 30.2 Å². The first kappa shape index (κ1) is 25.9. The highest BCUT2D eigenvalue weighted by Crippen LogP contribution is 2.66. The van der Waals surface area contributed by atoms with Crippen molar-refractivity contribution in [3.63, 3.8) is 0 Å². The largest absolute Gasteiger partial charge is 0.454 e. The summed E-state index contributed by atoms with van der Waals surface area (Å²) in [5, 5.41) is 0.501. The fourth-order valence-corrected chi connectivity index (χ4v) is 7.94. The molecule has 0 radical (unpaired) electrons. The van der Waals surface area contributed by atoms with Crippen molar-refractivity contribution in [3.8, 4) is 0 Å². The van der Waals surface area contributed by atoms with Crippen LogP contribution in [0.15, 0.2) is 97.1 Å². The number of amides is 2. The Kier molecular flexibility index (Phi) is 5.99. The number of hydrogen-bond donors (Lipinski definition) is 0. The van der Waals surface area contributed by atoms with Crippen molar-refractivity contribution >= 4 is 56.8 Å². The van der Waals surface area contributed by atoms with Crippen LogP contribution in [0, 0.1) is 11.8 Å². The zero-order valence-corrected chi connectivity index (χ0v) is 23.8. The van der Waals surface area contributed by atoms with Crippen LogP contribution >= 0.6 is 27.5 Å². The Morgan fingerprint density at radius 2 is 1.34 bits per heavy atom. The number of Topliss-reactive ketones (excluding diaryl/α,β-unsaturated/α-hetero) is 1. The molecule has 3 aliphatic carbocycles. The van der Waals surface area contributed by atoms with Gasteiger partial charge in [-0.15, -0.1) is 0 Å². The molecule has 1 aliphatic heterocycles. The van der Waals surface area contributed by atoms with Crippen LogP contribution in [0.1, 0.15) is 48.9 Å². The Bertz CT molecular complexity index is 1720. The van der Waals surface area contributed by atoms with Gasteiger partial charge in [0, 0.05) is 16.5 Å². The first-order valence-corrected chi connectivity index (χ1v) is 14.3. The molecule has 0 unspecified atom stereocenters. The lowest BCUT2D eigenvalue weighted by Gasteiger charge is -2.51. The Labute approximate surface area is 249 Å². The Morgan fingerprint density at radius 3 is 1.95 bits per heavy atom. The number of carbonyl (C=O) groups excluding carboxylic acids is 4. The first-order valence-electron chi connectivity index (χ1n) is 13.1. The zero-order valence-electron chi connectivity index (χ0n) is 21.4. The van der Waals surface area contributed by atoms with Gasteiger partial charge in [0.15, 0.2) is 12.4 Å². The number of hydrogen-bond acceptors (Lipinski definition) is 5. The van der Waals surface area contributed by atoms with Gasteiger partial charge in [-0.3, -0.25) is 14.4 Å². The van der Waals surface area contributed by atoms with Crippen molar-refractivity contribution < 1.29 is 23.9 Å². The lowest BCUT2D eigenvalue weighted by molar-refractivity contribution is -0.122. The first-order chi connectivity index (χ1) is 19.8. The van der Waals surface area contributed by atoms with Gasteiger partial charge in [-0.25, -0.2) is 9.69 Å². The molecule has 2 atom stereocenters. The SMILES string of the molecule is O=C(COC(=O)c1ccc(N2C(=O)[C@H]3C4c5ccccc5C(Br)(c5ccccc54)[C@H]3C2=O)cc1)c1ccc(Cl)cc1. The summed E-state index contributed by atoms with van der Waals surface area (Å²) in [5.74, 6) is -3.00. The van der Waals surface area contributed by atoms with Crippen molar-refractivity contribution in [2.75, 3.05) is 11.5 Å². The third kappa shape index (κ3) is 3.76. The van der Waals surface area contributed by atoms with E-state index in [1.807, 2.05) is 48.5 Å². The average Bonchev–Trinajstić information content (AvgIpc) is 3.27. The monoisotopic (exact) mass is 625 g/mol. The smallest absolute Gasteiger partial charge is 0.338 e. The Morgan fingerprint density at radius 1 is 0.780 bits per heavy atom. The minimum Gasteiger partial charge on any atom is -0.454 e. The molecule has 0 aromatic heterocycles. The summed E-state index contributed by atoms with van der Waals surface area (Å²) in [4.78, 5) is 54.3. The molecular formula is C33H21BrClNO5. The maximum atomic E-state index is 14.1. The number of carbonyl (C=O) groups is 4. The van der Waals surface area contributed by atoms with Gasteiger partial charge in [0.05, 0.1) is 27.4 Å². The molecule has 0 spiro atoms. The number of halogens is 2. The molecule has 202 valence electrons. The van der Waals surface area contributed by atoms with Gasteiger partial charge in [0.1, 0.15) is 0 Å². The third-order valence-corrected chi connectivity index (χ3v) is 9.98. The van der Waals surface area contributed by atoms with E-state index in [9.17, 15) is 19.2 Å². The molecule has 1 saturated heterocycles. The minimum absolute atomic E-state index is 0.200. The summed E-state index contributed by atoms with van der Waals surface area (Å²) in [6.45, 7) is -0.426. The summed E-state index contributed by atoms with van der Waals surface area (Å²) < 4.78 is 4.37. The lowest BCUT2D eigenvalue weighted by Crippen LogP contribution is -2.50. The van der Waals surface area contributed by atoms with Crippen LogP contribution in [0.2, 0.25) is 5.02 Å². The highest BCUT2D eigenvalue weighted by Gasteiger charge is 2.67. The molecule has 8 heteroatoms. The van der Waals surface area contributed by atoms with E-state index in [4.69, 9.17) is 16.3 Å². The van der Waals surface area contributed by atoms with E-state index in [0.29, 0.717) is 16.3 Å². The van der Waals surface area contributed by atoms with E-state index in [2.05, 4.69) is 15.9 Å². The lowest BCUT2D eigenvalue weighted by atomic mass is 9.55. The standard InChI is InChI=1S/C33H21BrClNO5/c34-33-24-7-3-1-5-22(24)27(23-6-2-4-8-25(23)33)28-29(33)31(39)36(30(28)38)21-15-11-19(12-16-21)32(40)41-17-26(37)18-9-13-20(35)14-10-18/h1-16,27-29H,17H2/t27?,28-,29+,33?/m0/s1. The van der Waals surface area contributed by atoms with Gasteiger partial charge in [0.2, 0.25) is 11.8 Å². The van der Waals surface area contributed by atoms with Gasteiger partial charge in [-0.2, -0.15) is 0 Å². The predicted molar refractivity (Wildman–Crippen MR) is 156 cm³/mol. The number of ketones is 1. The quantitative estimate of drug-likeness (QED) is 0.113. The van der Waals surface area contributed by atoms with E-state index in [-0.39, 0.29) is 29.1 Å². The molecule has 4 aromatic rings. The molecule has 41 heavy (non-hydrogen) atoms. The zero-order chi connectivity index (χ0) is 28.5. The molecule has 4 aliphatic rings. The van der Waals surface area contributed by atoms with E-state index in [1.54, 1.807) is 36.4 Å². The number of rotatable bonds is 5. The molecule has 0 N–H and O–H groups in total. The third-order valence-electron chi connectivity index (χ3n) is 8.38. The Balaban J connectivity index is 1.15. The summed E-state index contributed by atoms with van der Waals surface area (Å²) in [6.07, 6.45) is 0. The molecule has 1 heterocycles. The van der Waals surface area contributed by atoms with Crippen molar-refractivity contribution in [3.05, 3.63) is 135 Å². The molecule has 8 rings (SSSR count). The van der Waals surface area contributed by atoms with E-state index < -0.39 is 28.7 Å². The van der Waals surface area contributed by atoms with Gasteiger partial charge in [-0.05, 0) is 70.8 Å². The Hall–Kier alpha value is -4.07. The van der Waals surface area contributed by atoms with Crippen LogP contribution in [-0.2, 0) is 18.7 Å². The van der Waals surface area contributed by atoms with Crippen LogP contribution in [0.5, 0.6) is 0 Å². The van der Waals surface area contributed by atoms with Crippen molar-refractivity contribution in [2.24, 2.45) is 11.8 Å². The second-order valence-electron chi connectivity index (χ2n) is 10.4. The number of benzene rings is 4. The molecular weight excluding hydrogens is 606 g/mol. The minimum atomic E-state index is -0.832. The maximum absolute atomic E-state index is 14.1. The predicted octanol–water partition coefficient (Wildman–Crippen LogP) is 6.28. The van der Waals surface area contributed by atoms with Crippen LogP contribution in [0.4, 0.5) is 5.69 Å². The van der Waals surface area contributed by atoms with Crippen molar-refractivity contribution in [1.82, 2.24) is 0 Å². The molecule has 6 nitrogen and oxygen atoms in total. The normalized spacial score (nSPS) is 23.6. The van der Waals surface area contributed by atoms with E-state index in [0.717, 1.165) is 22.3 Å². The second kappa shape index (κ2) is 9.50. The van der Waals surface area contributed by atoms with Gasteiger partial charge >= 0.3 is 5.97 Å². The van der Waals surface area contributed by atoms with E-state index >= 15 is 0 Å². The number of anilines is 1. The summed E-state index contributed by atoms with van der Waals surface area (Å²) in [7, 11) is 0. The highest BCUT2D eigenvalue weighted by atomic mass is 79.9. The van der Waals surface area contributed by atoms with Crippen molar-refractivity contribution in [2.45, 2.75) is 10.2 Å². The van der Waals surface area contributed by atoms with Crippen LogP contribution < -0.4 is 4.90 Å². The highest BCUT2D eigenvalue weighted by molar-refractivity contribution is 9.09. The fraction of sp³-hybridized carbons (Fsp3) is 0.152. The molecule has 1 fully saturated rings. The molecule has 4 aromatic carbocycles. The average molecular weight is 627 g/mol. The number of ether oxygens (including phenoxy) is 1. The number of nitrogens with zero attached hydrogens (tertiary/aromatic N) is 1.